The van der Waals surface area contributed by atoms with E-state index in [1.165, 1.54) is 4.68 Å². The monoisotopic (exact) mass is 459 g/mol. The van der Waals surface area contributed by atoms with Gasteiger partial charge in [0.2, 0.25) is 0 Å². The number of nitrogens with zero attached hydrogens (tertiary/aromatic N) is 6. The second-order valence-electron chi connectivity index (χ2n) is 7.72. The number of aliphatic imine (C=N–C) groups is 1. The van der Waals surface area contributed by atoms with E-state index in [1.54, 1.807) is 6.20 Å². The van der Waals surface area contributed by atoms with Crippen LogP contribution in [-0.4, -0.2) is 25.6 Å². The Hall–Kier alpha value is -4.98. The van der Waals surface area contributed by atoms with Crippen LogP contribution in [-0.2, 0) is 6.67 Å². The topological polar surface area (TPSA) is 109 Å². The van der Waals surface area contributed by atoms with Crippen LogP contribution in [0.3, 0.4) is 0 Å². The molecule has 0 unspecified atom stereocenters. The van der Waals surface area contributed by atoms with Crippen LogP contribution in [0.1, 0.15) is 5.56 Å². The Balaban J connectivity index is 1.38. The number of nitrogens with one attached hydrogen (secondary N) is 1. The summed E-state index contributed by atoms with van der Waals surface area (Å²) in [6, 6.07) is 33.1. The molecule has 0 saturated carbocycles. The van der Waals surface area contributed by atoms with Gasteiger partial charge >= 0.3 is 0 Å². The molecular formula is C27H23N8-. The standard InChI is InChI=1S/C27H23N8/c28-25(21-16-14-20(15-17-21)24-13-7-8-18-30-24)31-19-34-26(29)32-27(33-34)35(22-9-3-1-4-10-22)23-11-5-2-6-12-23/h1-18H,19H2,(H3-,28,29,31,32,33)/q-1. The average Bonchev–Trinajstić information content (AvgIpc) is 3.29. The van der Waals surface area contributed by atoms with E-state index in [4.69, 9.17) is 11.5 Å². The molecule has 8 nitrogen and oxygen atoms in total. The number of rotatable bonds is 7. The summed E-state index contributed by atoms with van der Waals surface area (Å²) in [5.41, 5.74) is 19.0. The quantitative estimate of drug-likeness (QED) is 0.242. The third kappa shape index (κ3) is 4.86. The average molecular weight is 460 g/mol. The molecule has 0 amide bonds. The highest BCUT2D eigenvalue weighted by Crippen LogP contribution is 2.32. The predicted molar refractivity (Wildman–Crippen MR) is 139 cm³/mol. The molecule has 8 heteroatoms. The minimum Gasteiger partial charge on any atom is -0.410 e. The van der Waals surface area contributed by atoms with Gasteiger partial charge in [-0.1, -0.05) is 66.7 Å². The van der Waals surface area contributed by atoms with Crippen molar-refractivity contribution in [3.05, 3.63) is 121 Å². The molecule has 0 aliphatic heterocycles. The lowest BCUT2D eigenvalue weighted by atomic mass is 10.1. The molecule has 172 valence electrons. The molecular weight excluding hydrogens is 436 g/mol. The van der Waals surface area contributed by atoms with Gasteiger partial charge in [-0.25, -0.2) is 5.10 Å². The summed E-state index contributed by atoms with van der Waals surface area (Å²) in [5.74, 6) is 0.747. The molecule has 0 aliphatic rings. The summed E-state index contributed by atoms with van der Waals surface area (Å²) in [7, 11) is 0. The minimum atomic E-state index is -0.00101. The fourth-order valence-electron chi connectivity index (χ4n) is 3.64. The van der Waals surface area contributed by atoms with E-state index >= 15 is 0 Å². The molecule has 0 atom stereocenters. The van der Waals surface area contributed by atoms with Crippen molar-refractivity contribution in [3.63, 3.8) is 0 Å². The Labute approximate surface area is 203 Å². The number of aromatic nitrogens is 4. The van der Waals surface area contributed by atoms with Crippen LogP contribution >= 0.6 is 0 Å². The fourth-order valence-corrected chi connectivity index (χ4v) is 3.64. The highest BCUT2D eigenvalue weighted by molar-refractivity contribution is 5.97. The van der Waals surface area contributed by atoms with Crippen LogP contribution in [0.25, 0.3) is 17.0 Å². The van der Waals surface area contributed by atoms with Crippen LogP contribution in [0.5, 0.6) is 0 Å². The zero-order valence-electron chi connectivity index (χ0n) is 18.9. The van der Waals surface area contributed by atoms with Crippen molar-refractivity contribution in [1.82, 2.24) is 19.7 Å². The first-order chi connectivity index (χ1) is 17.2. The maximum Gasteiger partial charge on any atom is 0.168 e. The molecule has 0 fully saturated rings. The van der Waals surface area contributed by atoms with Gasteiger partial charge in [-0.05, 0) is 36.4 Å². The van der Waals surface area contributed by atoms with Gasteiger partial charge in [-0.15, -0.1) is 0 Å². The van der Waals surface area contributed by atoms with E-state index in [0.29, 0.717) is 11.8 Å². The second kappa shape index (κ2) is 9.88. The Kier molecular flexibility index (Phi) is 6.17. The maximum absolute atomic E-state index is 8.33. The number of hydrogen-bond donors (Lipinski definition) is 1. The van der Waals surface area contributed by atoms with Crippen LogP contribution in [0.15, 0.2) is 114 Å². The molecule has 3 N–H and O–H groups in total. The van der Waals surface area contributed by atoms with Gasteiger partial charge in [0.1, 0.15) is 5.84 Å². The van der Waals surface area contributed by atoms with Crippen molar-refractivity contribution < 1.29 is 0 Å². The molecule has 0 radical (unpaired) electrons. The second-order valence-corrected chi connectivity index (χ2v) is 7.72. The molecule has 2 heterocycles. The summed E-state index contributed by atoms with van der Waals surface area (Å²) in [5, 5.41) is 4.56. The molecule has 5 rings (SSSR count). The lowest BCUT2D eigenvalue weighted by molar-refractivity contribution is 0.652. The van der Waals surface area contributed by atoms with Gasteiger partial charge < -0.3 is 21.1 Å². The van der Waals surface area contributed by atoms with Gasteiger partial charge in [0.15, 0.2) is 5.95 Å². The van der Waals surface area contributed by atoms with E-state index < -0.39 is 0 Å². The van der Waals surface area contributed by atoms with E-state index in [2.05, 4.69) is 20.1 Å². The molecule has 0 saturated heterocycles. The molecule has 0 spiro atoms. The van der Waals surface area contributed by atoms with Crippen molar-refractivity contribution in [2.75, 3.05) is 4.90 Å². The first-order valence-corrected chi connectivity index (χ1v) is 11.1. The summed E-state index contributed by atoms with van der Waals surface area (Å²) >= 11 is 0. The Morgan fingerprint density at radius 1 is 0.829 bits per heavy atom. The van der Waals surface area contributed by atoms with E-state index in [-0.39, 0.29) is 12.6 Å². The molecule has 0 bridgehead atoms. The van der Waals surface area contributed by atoms with Gasteiger partial charge in [0.25, 0.3) is 0 Å². The first kappa shape index (κ1) is 21.8. The van der Waals surface area contributed by atoms with E-state index in [9.17, 15) is 0 Å². The minimum absolute atomic E-state index is 0.00101. The molecule has 5 aromatic rings. The number of nitrogens with two attached hydrogens (primary N) is 1. The summed E-state index contributed by atoms with van der Waals surface area (Å²) in [4.78, 5) is 15.1. The summed E-state index contributed by atoms with van der Waals surface area (Å²) in [6.45, 7) is 0.0804. The predicted octanol–water partition coefficient (Wildman–Crippen LogP) is 5.86. The van der Waals surface area contributed by atoms with Crippen molar-refractivity contribution in [3.8, 4) is 11.3 Å². The smallest absolute Gasteiger partial charge is 0.168 e. The third-order valence-electron chi connectivity index (χ3n) is 5.41. The Morgan fingerprint density at radius 2 is 1.46 bits per heavy atom. The van der Waals surface area contributed by atoms with Crippen LogP contribution in [0.2, 0.25) is 0 Å². The number of para-hydroxylation sites is 2. The van der Waals surface area contributed by atoms with Gasteiger partial charge in [0.05, 0.1) is 12.4 Å². The Bertz CT molecular complexity index is 1370. The highest BCUT2D eigenvalue weighted by atomic mass is 15.5. The fraction of sp³-hybridized carbons (Fsp3) is 0.0370. The normalized spacial score (nSPS) is 11.4. The van der Waals surface area contributed by atoms with E-state index in [1.807, 2.05) is 108 Å². The largest absolute Gasteiger partial charge is 0.410 e. The van der Waals surface area contributed by atoms with Crippen LogP contribution in [0, 0.1) is 0 Å². The Morgan fingerprint density at radius 3 is 2.06 bits per heavy atom. The lowest BCUT2D eigenvalue weighted by Gasteiger charge is -2.23. The number of anilines is 3. The maximum atomic E-state index is 8.33. The zero-order chi connectivity index (χ0) is 24.0. The molecule has 35 heavy (non-hydrogen) atoms. The highest BCUT2D eigenvalue weighted by Gasteiger charge is 2.13. The van der Waals surface area contributed by atoms with Gasteiger partial charge in [0, 0.05) is 34.6 Å². The summed E-state index contributed by atoms with van der Waals surface area (Å²) in [6.07, 6.45) is 1.76. The number of benzene rings is 3. The van der Waals surface area contributed by atoms with Crippen LogP contribution < -0.4 is 10.6 Å². The number of amidine groups is 1. The van der Waals surface area contributed by atoms with Crippen LogP contribution in [0.4, 0.5) is 23.3 Å². The van der Waals surface area contributed by atoms with Crippen molar-refractivity contribution in [2.45, 2.75) is 6.67 Å². The number of hydrogen-bond acceptors (Lipinski definition) is 5. The molecule has 2 aromatic heterocycles. The summed E-state index contributed by atoms with van der Waals surface area (Å²) < 4.78 is 1.42. The van der Waals surface area contributed by atoms with Gasteiger partial charge in [-0.3, -0.25) is 14.9 Å². The van der Waals surface area contributed by atoms with Gasteiger partial charge in [-0.2, -0.15) is 0 Å². The van der Waals surface area contributed by atoms with Crippen molar-refractivity contribution in [1.29, 1.82) is 0 Å². The lowest BCUT2D eigenvalue weighted by Crippen LogP contribution is -2.15. The molecule has 0 aliphatic carbocycles. The SMILES string of the molecule is [NH-]c1nc(N(c2ccccc2)c2ccccc2)nn1CN=C(N)c1ccc(-c2ccccn2)cc1. The molecule has 3 aromatic carbocycles. The third-order valence-corrected chi connectivity index (χ3v) is 5.41. The zero-order valence-corrected chi connectivity index (χ0v) is 18.9. The number of pyridine rings is 1. The van der Waals surface area contributed by atoms with Crippen molar-refractivity contribution >= 4 is 29.1 Å². The van der Waals surface area contributed by atoms with E-state index in [0.717, 1.165) is 28.2 Å². The first-order valence-electron chi connectivity index (χ1n) is 11.1. The van der Waals surface area contributed by atoms with Crippen molar-refractivity contribution in [2.24, 2.45) is 10.7 Å².